The van der Waals surface area contributed by atoms with Gasteiger partial charge < -0.3 is 11.5 Å². The van der Waals surface area contributed by atoms with Gasteiger partial charge in [-0.3, -0.25) is 4.79 Å². The van der Waals surface area contributed by atoms with Gasteiger partial charge in [0.2, 0.25) is 5.91 Å². The average Bonchev–Trinajstić information content (AvgIpc) is 2.15. The van der Waals surface area contributed by atoms with Crippen molar-refractivity contribution in [2.24, 2.45) is 5.73 Å². The van der Waals surface area contributed by atoms with Gasteiger partial charge in [0, 0.05) is 0 Å². The summed E-state index contributed by atoms with van der Waals surface area (Å²) >= 11 is 1.42. The molecule has 0 bridgehead atoms. The third-order valence-corrected chi connectivity index (χ3v) is 1.93. The third-order valence-electron chi connectivity index (χ3n) is 1.15. The molecule has 0 aliphatic rings. The average molecular weight is 156 g/mol. The van der Waals surface area contributed by atoms with Crippen molar-refractivity contribution in [1.29, 1.82) is 0 Å². The number of thiophene rings is 1. The molecule has 10 heavy (non-hydrogen) atoms. The van der Waals surface area contributed by atoms with Gasteiger partial charge in [0.1, 0.15) is 0 Å². The maximum absolute atomic E-state index is 10.4. The Labute approximate surface area is 62.6 Å². The Morgan fingerprint density at radius 1 is 1.70 bits per heavy atom. The number of carbonyl (C=O) groups is 1. The highest BCUT2D eigenvalue weighted by Crippen LogP contribution is 2.18. The third kappa shape index (κ3) is 1.48. The molecule has 1 heterocycles. The second kappa shape index (κ2) is 2.70. The van der Waals surface area contributed by atoms with Gasteiger partial charge in [0.05, 0.1) is 11.4 Å². The number of anilines is 1. The van der Waals surface area contributed by atoms with Crippen LogP contribution in [0.2, 0.25) is 0 Å². The maximum atomic E-state index is 10.4. The van der Waals surface area contributed by atoms with E-state index in [-0.39, 0.29) is 12.3 Å². The summed E-state index contributed by atoms with van der Waals surface area (Å²) < 4.78 is 0. The fourth-order valence-corrected chi connectivity index (χ4v) is 1.35. The number of carbonyl (C=O) groups excluding carboxylic acids is 1. The molecular weight excluding hydrogens is 148 g/mol. The number of amides is 1. The van der Waals surface area contributed by atoms with E-state index in [0.717, 1.165) is 5.56 Å². The summed E-state index contributed by atoms with van der Waals surface area (Å²) in [4.78, 5) is 10.4. The molecule has 1 rings (SSSR count). The van der Waals surface area contributed by atoms with Crippen LogP contribution >= 0.6 is 11.3 Å². The Balaban J connectivity index is 2.74. The summed E-state index contributed by atoms with van der Waals surface area (Å²) in [5, 5.41) is 2.52. The number of nitrogens with two attached hydrogens (primary N) is 2. The van der Waals surface area contributed by atoms with E-state index >= 15 is 0 Å². The lowest BCUT2D eigenvalue weighted by Gasteiger charge is -1.92. The summed E-state index contributed by atoms with van der Waals surface area (Å²) in [6, 6.07) is 1.81. The zero-order valence-corrected chi connectivity index (χ0v) is 6.15. The van der Waals surface area contributed by atoms with Crippen LogP contribution in [-0.2, 0) is 11.2 Å². The highest BCUT2D eigenvalue weighted by Gasteiger charge is 2.02. The van der Waals surface area contributed by atoms with Crippen molar-refractivity contribution in [1.82, 2.24) is 0 Å². The predicted molar refractivity (Wildman–Crippen MR) is 41.6 cm³/mol. The standard InChI is InChI=1S/C6H8N2OS/c7-5(9)3-4-1-2-10-6(4)8/h1-2H,3,8H2,(H2,7,9). The Bertz CT molecular complexity index is 244. The first-order chi connectivity index (χ1) is 4.70. The molecule has 0 atom stereocenters. The van der Waals surface area contributed by atoms with E-state index in [0.29, 0.717) is 5.00 Å². The fraction of sp³-hybridized carbons (Fsp3) is 0.167. The topological polar surface area (TPSA) is 69.1 Å². The van der Waals surface area contributed by atoms with Crippen LogP contribution in [-0.4, -0.2) is 5.91 Å². The summed E-state index contributed by atoms with van der Waals surface area (Å²) in [5.74, 6) is -0.342. The van der Waals surface area contributed by atoms with Crippen molar-refractivity contribution in [3.63, 3.8) is 0 Å². The molecule has 0 aliphatic carbocycles. The van der Waals surface area contributed by atoms with E-state index in [1.54, 1.807) is 0 Å². The van der Waals surface area contributed by atoms with Gasteiger partial charge in [-0.25, -0.2) is 0 Å². The maximum Gasteiger partial charge on any atom is 0.221 e. The number of nitrogen functional groups attached to an aromatic ring is 1. The summed E-state index contributed by atoms with van der Waals surface area (Å²) in [6.45, 7) is 0. The van der Waals surface area contributed by atoms with Crippen LogP contribution in [0.1, 0.15) is 5.56 Å². The molecule has 1 aromatic heterocycles. The zero-order chi connectivity index (χ0) is 7.56. The van der Waals surface area contributed by atoms with E-state index in [1.165, 1.54) is 11.3 Å². The lowest BCUT2D eigenvalue weighted by Crippen LogP contribution is -2.13. The molecular formula is C6H8N2OS. The Kier molecular flexibility index (Phi) is 1.91. The molecule has 0 saturated heterocycles. The van der Waals surface area contributed by atoms with E-state index < -0.39 is 0 Å². The van der Waals surface area contributed by atoms with Gasteiger partial charge in [-0.15, -0.1) is 11.3 Å². The molecule has 0 aromatic carbocycles. The van der Waals surface area contributed by atoms with Crippen LogP contribution in [0.25, 0.3) is 0 Å². The predicted octanol–water partition coefficient (Wildman–Crippen LogP) is 0.358. The van der Waals surface area contributed by atoms with Crippen LogP contribution in [0.4, 0.5) is 5.00 Å². The second-order valence-electron chi connectivity index (χ2n) is 1.95. The number of rotatable bonds is 2. The molecule has 4 heteroatoms. The van der Waals surface area contributed by atoms with Crippen molar-refractivity contribution in [3.8, 4) is 0 Å². The Morgan fingerprint density at radius 2 is 2.40 bits per heavy atom. The quantitative estimate of drug-likeness (QED) is 0.649. The van der Waals surface area contributed by atoms with Crippen LogP contribution in [0.15, 0.2) is 11.4 Å². The lowest BCUT2D eigenvalue weighted by molar-refractivity contribution is -0.117. The second-order valence-corrected chi connectivity index (χ2v) is 2.90. The smallest absolute Gasteiger partial charge is 0.221 e. The van der Waals surface area contributed by atoms with E-state index in [1.807, 2.05) is 11.4 Å². The summed E-state index contributed by atoms with van der Waals surface area (Å²) in [5.41, 5.74) is 11.3. The zero-order valence-electron chi connectivity index (χ0n) is 5.33. The van der Waals surface area contributed by atoms with Gasteiger partial charge in [-0.2, -0.15) is 0 Å². The normalized spacial score (nSPS) is 9.60. The molecule has 4 N–H and O–H groups in total. The van der Waals surface area contributed by atoms with Crippen LogP contribution < -0.4 is 11.5 Å². The molecule has 0 aliphatic heterocycles. The lowest BCUT2D eigenvalue weighted by atomic mass is 10.2. The van der Waals surface area contributed by atoms with E-state index in [2.05, 4.69) is 0 Å². The van der Waals surface area contributed by atoms with Gasteiger partial charge in [-0.1, -0.05) is 0 Å². The Morgan fingerprint density at radius 3 is 2.80 bits per heavy atom. The molecule has 3 nitrogen and oxygen atoms in total. The minimum atomic E-state index is -0.342. The highest BCUT2D eigenvalue weighted by molar-refractivity contribution is 7.14. The van der Waals surface area contributed by atoms with Crippen molar-refractivity contribution in [2.75, 3.05) is 5.73 Å². The molecule has 0 unspecified atom stereocenters. The van der Waals surface area contributed by atoms with Crippen molar-refractivity contribution in [3.05, 3.63) is 17.0 Å². The highest BCUT2D eigenvalue weighted by atomic mass is 32.1. The number of hydrogen-bond donors (Lipinski definition) is 2. The van der Waals surface area contributed by atoms with Gasteiger partial charge in [0.25, 0.3) is 0 Å². The first kappa shape index (κ1) is 7.08. The molecule has 0 fully saturated rings. The van der Waals surface area contributed by atoms with Crippen molar-refractivity contribution in [2.45, 2.75) is 6.42 Å². The van der Waals surface area contributed by atoms with Gasteiger partial charge in [-0.05, 0) is 17.0 Å². The van der Waals surface area contributed by atoms with E-state index in [4.69, 9.17) is 11.5 Å². The molecule has 1 aromatic rings. The minimum Gasteiger partial charge on any atom is -0.390 e. The minimum absolute atomic E-state index is 0.245. The van der Waals surface area contributed by atoms with Crippen LogP contribution in [0.3, 0.4) is 0 Å². The summed E-state index contributed by atoms with van der Waals surface area (Å²) in [6.07, 6.45) is 0.245. The largest absolute Gasteiger partial charge is 0.390 e. The van der Waals surface area contributed by atoms with Crippen molar-refractivity contribution >= 4 is 22.2 Å². The molecule has 0 saturated carbocycles. The van der Waals surface area contributed by atoms with Crippen LogP contribution in [0, 0.1) is 0 Å². The van der Waals surface area contributed by atoms with Crippen molar-refractivity contribution < 1.29 is 4.79 Å². The van der Waals surface area contributed by atoms with Crippen LogP contribution in [0.5, 0.6) is 0 Å². The Hall–Kier alpha value is -1.03. The number of hydrogen-bond acceptors (Lipinski definition) is 3. The SMILES string of the molecule is NC(=O)Cc1ccsc1N. The summed E-state index contributed by atoms with van der Waals surface area (Å²) in [7, 11) is 0. The first-order valence-electron chi connectivity index (χ1n) is 2.80. The monoisotopic (exact) mass is 156 g/mol. The first-order valence-corrected chi connectivity index (χ1v) is 3.68. The molecule has 0 spiro atoms. The fourth-order valence-electron chi connectivity index (χ4n) is 0.681. The van der Waals surface area contributed by atoms with Gasteiger partial charge >= 0.3 is 0 Å². The van der Waals surface area contributed by atoms with Gasteiger partial charge in [0.15, 0.2) is 0 Å². The molecule has 1 amide bonds. The molecule has 54 valence electrons. The molecule has 0 radical (unpaired) electrons. The number of primary amides is 1. The van der Waals surface area contributed by atoms with E-state index in [9.17, 15) is 4.79 Å².